The molecule has 0 amide bonds. The number of rotatable bonds is 3. The van der Waals surface area contributed by atoms with Crippen molar-refractivity contribution in [2.24, 2.45) is 0 Å². The number of hydrogen-bond acceptors (Lipinski definition) is 8. The molecule has 0 bridgehead atoms. The van der Waals surface area contributed by atoms with Gasteiger partial charge < -0.3 is 19.3 Å². The van der Waals surface area contributed by atoms with Gasteiger partial charge in [-0.05, 0) is 38.1 Å². The van der Waals surface area contributed by atoms with Crippen molar-refractivity contribution in [2.75, 3.05) is 49.3 Å². The predicted octanol–water partition coefficient (Wildman–Crippen LogP) is 3.19. The van der Waals surface area contributed by atoms with Crippen molar-refractivity contribution in [2.45, 2.75) is 25.9 Å². The Bertz CT molecular complexity index is 1100. The summed E-state index contributed by atoms with van der Waals surface area (Å²) in [5.41, 5.74) is 2.38. The first-order valence-corrected chi connectivity index (χ1v) is 11.0. The van der Waals surface area contributed by atoms with Gasteiger partial charge in [0.15, 0.2) is 5.65 Å². The monoisotopic (exact) mass is 440 g/mol. The van der Waals surface area contributed by atoms with Gasteiger partial charge in [0.05, 0.1) is 49.6 Å². The van der Waals surface area contributed by atoms with Crippen LogP contribution in [-0.2, 0) is 9.47 Å². The van der Waals surface area contributed by atoms with E-state index in [1.54, 1.807) is 6.20 Å². The van der Waals surface area contributed by atoms with Gasteiger partial charge in [0.1, 0.15) is 11.0 Å². The number of halogens is 1. The Labute approximate surface area is 186 Å². The molecule has 2 saturated heterocycles. The van der Waals surface area contributed by atoms with Gasteiger partial charge in [-0.3, -0.25) is 0 Å². The third-order valence-electron chi connectivity index (χ3n) is 5.81. The maximum Gasteiger partial charge on any atom is 0.229 e. The zero-order valence-corrected chi connectivity index (χ0v) is 18.4. The van der Waals surface area contributed by atoms with Gasteiger partial charge >= 0.3 is 0 Å². The molecular formula is C22H25ClN6O2. The fraction of sp³-hybridized carbons (Fsp3) is 0.455. The molecule has 9 heteroatoms. The van der Waals surface area contributed by atoms with Crippen LogP contribution in [0.5, 0.6) is 0 Å². The molecule has 0 radical (unpaired) electrons. The van der Waals surface area contributed by atoms with Gasteiger partial charge in [0, 0.05) is 24.8 Å². The van der Waals surface area contributed by atoms with Gasteiger partial charge in [-0.2, -0.15) is 9.97 Å². The molecule has 2 atom stereocenters. The van der Waals surface area contributed by atoms with Crippen LogP contribution < -0.4 is 9.80 Å². The maximum absolute atomic E-state index is 6.10. The van der Waals surface area contributed by atoms with Crippen molar-refractivity contribution in [3.63, 3.8) is 0 Å². The second-order valence-corrected chi connectivity index (χ2v) is 8.40. The number of fused-ring (bicyclic) bond motifs is 1. The fourth-order valence-corrected chi connectivity index (χ4v) is 4.29. The molecule has 0 spiro atoms. The molecule has 3 aromatic heterocycles. The lowest BCUT2D eigenvalue weighted by Crippen LogP contribution is -2.46. The highest BCUT2D eigenvalue weighted by molar-refractivity contribution is 6.29. The summed E-state index contributed by atoms with van der Waals surface area (Å²) in [6.45, 7) is 8.51. The van der Waals surface area contributed by atoms with E-state index in [1.807, 2.05) is 18.2 Å². The van der Waals surface area contributed by atoms with Crippen molar-refractivity contribution in [1.82, 2.24) is 19.9 Å². The van der Waals surface area contributed by atoms with E-state index in [2.05, 4.69) is 34.7 Å². The summed E-state index contributed by atoms with van der Waals surface area (Å²) < 4.78 is 11.3. The molecular weight excluding hydrogens is 416 g/mol. The zero-order chi connectivity index (χ0) is 21.4. The van der Waals surface area contributed by atoms with Gasteiger partial charge in [0.2, 0.25) is 5.95 Å². The molecule has 0 N–H and O–H groups in total. The molecule has 0 saturated carbocycles. The van der Waals surface area contributed by atoms with E-state index in [0.29, 0.717) is 43.2 Å². The Morgan fingerprint density at radius 2 is 1.68 bits per heavy atom. The largest absolute Gasteiger partial charge is 0.377 e. The Morgan fingerprint density at radius 1 is 0.935 bits per heavy atom. The second kappa shape index (κ2) is 8.53. The lowest BCUT2D eigenvalue weighted by Gasteiger charge is -2.37. The molecule has 0 aromatic carbocycles. The predicted molar refractivity (Wildman–Crippen MR) is 121 cm³/mol. The van der Waals surface area contributed by atoms with E-state index in [0.717, 1.165) is 35.6 Å². The number of pyridine rings is 2. The third kappa shape index (κ3) is 4.03. The summed E-state index contributed by atoms with van der Waals surface area (Å²) in [7, 11) is 0. The molecule has 162 valence electrons. The minimum absolute atomic E-state index is 0.198. The van der Waals surface area contributed by atoms with Crippen LogP contribution in [0.1, 0.15) is 13.8 Å². The second-order valence-electron chi connectivity index (χ2n) is 8.02. The zero-order valence-electron chi connectivity index (χ0n) is 17.7. The van der Waals surface area contributed by atoms with Crippen LogP contribution in [-0.4, -0.2) is 71.5 Å². The third-order valence-corrected chi connectivity index (χ3v) is 6.02. The summed E-state index contributed by atoms with van der Waals surface area (Å²) in [5.74, 6) is 1.59. The van der Waals surface area contributed by atoms with Crippen LogP contribution >= 0.6 is 11.6 Å². The molecule has 0 unspecified atom stereocenters. The standard InChI is InChI=1S/C22H25ClN6O2/c1-14-12-30-9-7-28(14)21-17-3-4-18(16-5-6-24-19(23)11-16)25-20(17)26-22(27-21)29-8-10-31-13-15(29)2/h3-6,11,14-15H,7-10,12-13H2,1-2H3/t14-,15-/m0/s1. The van der Waals surface area contributed by atoms with Crippen molar-refractivity contribution in [1.29, 1.82) is 0 Å². The van der Waals surface area contributed by atoms with E-state index < -0.39 is 0 Å². The van der Waals surface area contributed by atoms with Crippen molar-refractivity contribution < 1.29 is 9.47 Å². The Morgan fingerprint density at radius 3 is 2.39 bits per heavy atom. The quantitative estimate of drug-likeness (QED) is 0.575. The summed E-state index contributed by atoms with van der Waals surface area (Å²) in [4.78, 5) is 23.4. The molecule has 3 aromatic rings. The summed E-state index contributed by atoms with van der Waals surface area (Å²) in [5, 5.41) is 1.37. The van der Waals surface area contributed by atoms with Crippen molar-refractivity contribution in [3.05, 3.63) is 35.6 Å². The summed E-state index contributed by atoms with van der Waals surface area (Å²) >= 11 is 6.10. The minimum Gasteiger partial charge on any atom is -0.377 e. The number of ether oxygens (including phenoxy) is 2. The highest BCUT2D eigenvalue weighted by Gasteiger charge is 2.27. The van der Waals surface area contributed by atoms with E-state index in [9.17, 15) is 0 Å². The van der Waals surface area contributed by atoms with Crippen LogP contribution in [0, 0.1) is 0 Å². The highest BCUT2D eigenvalue weighted by Crippen LogP contribution is 2.31. The van der Waals surface area contributed by atoms with Gasteiger partial charge in [-0.1, -0.05) is 11.6 Å². The van der Waals surface area contributed by atoms with Crippen LogP contribution in [0.15, 0.2) is 30.5 Å². The Kier molecular flexibility index (Phi) is 5.60. The van der Waals surface area contributed by atoms with Crippen LogP contribution in [0.2, 0.25) is 5.15 Å². The van der Waals surface area contributed by atoms with Crippen molar-refractivity contribution in [3.8, 4) is 11.3 Å². The van der Waals surface area contributed by atoms with E-state index in [1.165, 1.54) is 0 Å². The average Bonchev–Trinajstić information content (AvgIpc) is 2.79. The average molecular weight is 441 g/mol. The normalized spacial score (nSPS) is 22.2. The lowest BCUT2D eigenvalue weighted by atomic mass is 10.1. The molecule has 31 heavy (non-hydrogen) atoms. The van der Waals surface area contributed by atoms with Crippen LogP contribution in [0.25, 0.3) is 22.3 Å². The van der Waals surface area contributed by atoms with Gasteiger partial charge in [-0.25, -0.2) is 9.97 Å². The van der Waals surface area contributed by atoms with E-state index in [-0.39, 0.29) is 12.1 Å². The smallest absolute Gasteiger partial charge is 0.229 e. The fourth-order valence-electron chi connectivity index (χ4n) is 4.12. The molecule has 5 rings (SSSR count). The van der Waals surface area contributed by atoms with Gasteiger partial charge in [-0.15, -0.1) is 0 Å². The molecule has 2 aliphatic rings. The first-order valence-electron chi connectivity index (χ1n) is 10.6. The van der Waals surface area contributed by atoms with Gasteiger partial charge in [0.25, 0.3) is 0 Å². The number of anilines is 2. The SMILES string of the molecule is C[C@H]1COCCN1c1nc(N2CCOC[C@@H]2C)c2ccc(-c3ccnc(Cl)c3)nc2n1. The number of hydrogen-bond donors (Lipinski definition) is 0. The van der Waals surface area contributed by atoms with Crippen LogP contribution in [0.3, 0.4) is 0 Å². The molecule has 5 heterocycles. The number of aromatic nitrogens is 4. The maximum atomic E-state index is 6.10. The molecule has 8 nitrogen and oxygen atoms in total. The van der Waals surface area contributed by atoms with Crippen molar-refractivity contribution >= 4 is 34.4 Å². The van der Waals surface area contributed by atoms with E-state index in [4.69, 9.17) is 36.0 Å². The van der Waals surface area contributed by atoms with E-state index >= 15 is 0 Å². The highest BCUT2D eigenvalue weighted by atomic mass is 35.5. The summed E-state index contributed by atoms with van der Waals surface area (Å²) in [6.07, 6.45) is 1.69. The Balaban J connectivity index is 1.66. The summed E-state index contributed by atoms with van der Waals surface area (Å²) in [6, 6.07) is 8.17. The molecule has 0 aliphatic carbocycles. The Hall–Kier alpha value is -2.55. The molecule has 2 aliphatic heterocycles. The number of morpholine rings is 2. The lowest BCUT2D eigenvalue weighted by molar-refractivity contribution is 0.0973. The number of nitrogens with zero attached hydrogens (tertiary/aromatic N) is 6. The first-order chi connectivity index (χ1) is 15.1. The van der Waals surface area contributed by atoms with Crippen LogP contribution in [0.4, 0.5) is 11.8 Å². The first kappa shape index (κ1) is 20.4. The topological polar surface area (TPSA) is 76.5 Å². The molecule has 2 fully saturated rings. The minimum atomic E-state index is 0.198.